The Morgan fingerprint density at radius 3 is 2.61 bits per heavy atom. The number of halogens is 3. The molecule has 5 heteroatoms. The summed E-state index contributed by atoms with van der Waals surface area (Å²) < 4.78 is 26.4. The van der Waals surface area contributed by atoms with Crippen molar-refractivity contribution in [3.63, 3.8) is 0 Å². The van der Waals surface area contributed by atoms with Crippen LogP contribution in [0.4, 0.5) is 14.5 Å². The van der Waals surface area contributed by atoms with Crippen LogP contribution in [0.1, 0.15) is 5.56 Å². The molecule has 2 N–H and O–H groups in total. The summed E-state index contributed by atoms with van der Waals surface area (Å²) in [7, 11) is 0. The van der Waals surface area contributed by atoms with Gasteiger partial charge in [0.05, 0.1) is 0 Å². The van der Waals surface area contributed by atoms with Gasteiger partial charge in [-0.3, -0.25) is 0 Å². The summed E-state index contributed by atoms with van der Waals surface area (Å²) in [5, 5.41) is 0.378. The number of hydrogen-bond donors (Lipinski definition) is 1. The predicted molar refractivity (Wildman–Crippen MR) is 71.8 cm³/mol. The Morgan fingerprint density at radius 1 is 1.17 bits per heavy atom. The number of benzene rings is 2. The lowest BCUT2D eigenvalue weighted by molar-refractivity contribution is 0.617. The van der Waals surface area contributed by atoms with Gasteiger partial charge < -0.3 is 5.73 Å². The summed E-state index contributed by atoms with van der Waals surface area (Å²) in [5.74, 6) is -0.391. The number of thioether (sulfide) groups is 1. The third-order valence-corrected chi connectivity index (χ3v) is 3.88. The molecule has 94 valence electrons. The molecule has 0 spiro atoms. The monoisotopic (exact) mass is 285 g/mol. The molecule has 0 aliphatic rings. The minimum absolute atomic E-state index is 0.340. The van der Waals surface area contributed by atoms with Gasteiger partial charge in [0.2, 0.25) is 0 Å². The van der Waals surface area contributed by atoms with Gasteiger partial charge in [0.15, 0.2) is 0 Å². The number of hydrogen-bond acceptors (Lipinski definition) is 2. The van der Waals surface area contributed by atoms with Crippen molar-refractivity contribution in [2.24, 2.45) is 0 Å². The van der Waals surface area contributed by atoms with Crippen molar-refractivity contribution >= 4 is 29.1 Å². The normalized spacial score (nSPS) is 10.6. The molecule has 0 amide bonds. The highest BCUT2D eigenvalue weighted by Crippen LogP contribution is 2.31. The number of rotatable bonds is 3. The first kappa shape index (κ1) is 13.2. The Bertz CT molecular complexity index is 555. The second kappa shape index (κ2) is 5.59. The van der Waals surface area contributed by atoms with E-state index < -0.39 is 0 Å². The second-order valence-electron chi connectivity index (χ2n) is 3.67. The van der Waals surface area contributed by atoms with E-state index in [2.05, 4.69) is 0 Å². The molecule has 0 radical (unpaired) electrons. The van der Waals surface area contributed by atoms with Crippen LogP contribution in [0.3, 0.4) is 0 Å². The SMILES string of the molecule is Nc1cc(F)ccc1SCc1c(F)cccc1Cl. The maximum Gasteiger partial charge on any atom is 0.128 e. The van der Waals surface area contributed by atoms with Gasteiger partial charge in [-0.1, -0.05) is 17.7 Å². The van der Waals surface area contributed by atoms with E-state index in [-0.39, 0.29) is 11.6 Å². The summed E-state index contributed by atoms with van der Waals surface area (Å²) in [6.07, 6.45) is 0. The fourth-order valence-corrected chi connectivity index (χ4v) is 2.76. The van der Waals surface area contributed by atoms with Gasteiger partial charge in [0.25, 0.3) is 0 Å². The summed E-state index contributed by atoms with van der Waals surface area (Å²) in [5.41, 5.74) is 6.44. The van der Waals surface area contributed by atoms with Crippen LogP contribution in [-0.4, -0.2) is 0 Å². The van der Waals surface area contributed by atoms with Gasteiger partial charge in [-0.25, -0.2) is 8.78 Å². The molecule has 2 rings (SSSR count). The first-order valence-electron chi connectivity index (χ1n) is 5.18. The van der Waals surface area contributed by atoms with E-state index in [9.17, 15) is 8.78 Å². The molecule has 2 aromatic rings. The molecule has 1 nitrogen and oxygen atoms in total. The number of nitrogens with two attached hydrogens (primary N) is 1. The lowest BCUT2D eigenvalue weighted by atomic mass is 10.2. The average Bonchev–Trinajstić information content (AvgIpc) is 2.31. The number of nitrogen functional groups attached to an aromatic ring is 1. The minimum Gasteiger partial charge on any atom is -0.398 e. The molecule has 18 heavy (non-hydrogen) atoms. The van der Waals surface area contributed by atoms with Crippen molar-refractivity contribution in [1.82, 2.24) is 0 Å². The van der Waals surface area contributed by atoms with Crippen molar-refractivity contribution in [1.29, 1.82) is 0 Å². The van der Waals surface area contributed by atoms with E-state index in [4.69, 9.17) is 17.3 Å². The molecule has 0 bridgehead atoms. The maximum atomic E-state index is 13.5. The van der Waals surface area contributed by atoms with E-state index in [0.717, 1.165) is 0 Å². The summed E-state index contributed by atoms with van der Waals surface area (Å²) in [4.78, 5) is 0.704. The van der Waals surface area contributed by atoms with Gasteiger partial charge in [0, 0.05) is 26.9 Å². The molecule has 0 aliphatic carbocycles. The Kier molecular flexibility index (Phi) is 4.09. The molecule has 2 aromatic carbocycles. The topological polar surface area (TPSA) is 26.0 Å². The molecule has 0 aliphatic heterocycles. The quantitative estimate of drug-likeness (QED) is 0.664. The second-order valence-corrected chi connectivity index (χ2v) is 5.10. The highest BCUT2D eigenvalue weighted by atomic mass is 35.5. The van der Waals surface area contributed by atoms with Crippen LogP contribution in [0.5, 0.6) is 0 Å². The lowest BCUT2D eigenvalue weighted by Crippen LogP contribution is -1.92. The summed E-state index contributed by atoms with van der Waals surface area (Å²) in [6, 6.07) is 8.68. The highest BCUT2D eigenvalue weighted by Gasteiger charge is 2.09. The largest absolute Gasteiger partial charge is 0.398 e. The highest BCUT2D eigenvalue weighted by molar-refractivity contribution is 7.98. The zero-order valence-electron chi connectivity index (χ0n) is 9.29. The zero-order valence-corrected chi connectivity index (χ0v) is 10.9. The Morgan fingerprint density at radius 2 is 1.94 bits per heavy atom. The summed E-state index contributed by atoms with van der Waals surface area (Å²) in [6.45, 7) is 0. The standard InChI is InChI=1S/C13H10ClF2NS/c14-10-2-1-3-11(16)9(10)7-18-13-5-4-8(15)6-12(13)17/h1-6H,7,17H2. The van der Waals surface area contributed by atoms with Crippen LogP contribution in [0.15, 0.2) is 41.3 Å². The fourth-order valence-electron chi connectivity index (χ4n) is 1.47. The molecule has 0 heterocycles. The van der Waals surface area contributed by atoms with Gasteiger partial charge in [0.1, 0.15) is 11.6 Å². The average molecular weight is 286 g/mol. The fraction of sp³-hybridized carbons (Fsp3) is 0.0769. The van der Waals surface area contributed by atoms with Crippen LogP contribution in [0.25, 0.3) is 0 Å². The Hall–Kier alpha value is -1.26. The van der Waals surface area contributed by atoms with Crippen LogP contribution in [-0.2, 0) is 5.75 Å². The van der Waals surface area contributed by atoms with Crippen LogP contribution < -0.4 is 5.73 Å². The molecule has 0 aromatic heterocycles. The Balaban J connectivity index is 2.16. The van der Waals surface area contributed by atoms with Gasteiger partial charge in [-0.2, -0.15) is 0 Å². The van der Waals surface area contributed by atoms with Crippen LogP contribution >= 0.6 is 23.4 Å². The molecule has 0 fully saturated rings. The zero-order chi connectivity index (χ0) is 13.1. The van der Waals surface area contributed by atoms with E-state index in [0.29, 0.717) is 26.9 Å². The first-order chi connectivity index (χ1) is 8.58. The third kappa shape index (κ3) is 2.94. The smallest absolute Gasteiger partial charge is 0.128 e. The van der Waals surface area contributed by atoms with Gasteiger partial charge in [-0.15, -0.1) is 11.8 Å². The van der Waals surface area contributed by atoms with E-state index in [1.807, 2.05) is 0 Å². The molecule has 0 saturated heterocycles. The molecule has 0 atom stereocenters. The van der Waals surface area contributed by atoms with E-state index in [1.165, 1.54) is 30.0 Å². The van der Waals surface area contributed by atoms with Crippen molar-refractivity contribution in [3.8, 4) is 0 Å². The predicted octanol–water partition coefficient (Wildman–Crippen LogP) is 4.49. The molecular formula is C13H10ClF2NS. The van der Waals surface area contributed by atoms with E-state index >= 15 is 0 Å². The van der Waals surface area contributed by atoms with Crippen LogP contribution in [0.2, 0.25) is 5.02 Å². The van der Waals surface area contributed by atoms with Gasteiger partial charge >= 0.3 is 0 Å². The van der Waals surface area contributed by atoms with Crippen LogP contribution in [0, 0.1) is 11.6 Å². The van der Waals surface area contributed by atoms with Crippen molar-refractivity contribution in [2.75, 3.05) is 5.73 Å². The van der Waals surface area contributed by atoms with Crippen molar-refractivity contribution in [3.05, 3.63) is 58.6 Å². The summed E-state index contributed by atoms with van der Waals surface area (Å²) >= 11 is 7.24. The Labute approximate surface area is 113 Å². The molecule has 0 unspecified atom stereocenters. The number of anilines is 1. The lowest BCUT2D eigenvalue weighted by Gasteiger charge is -2.07. The van der Waals surface area contributed by atoms with Crippen molar-refractivity contribution < 1.29 is 8.78 Å². The third-order valence-electron chi connectivity index (χ3n) is 2.41. The minimum atomic E-state index is -0.388. The van der Waals surface area contributed by atoms with Gasteiger partial charge in [-0.05, 0) is 30.3 Å². The van der Waals surface area contributed by atoms with Crippen molar-refractivity contribution in [2.45, 2.75) is 10.6 Å². The molecule has 0 saturated carbocycles. The maximum absolute atomic E-state index is 13.5. The molecular weight excluding hydrogens is 276 g/mol. The van der Waals surface area contributed by atoms with E-state index in [1.54, 1.807) is 18.2 Å². The first-order valence-corrected chi connectivity index (χ1v) is 6.55.